The van der Waals surface area contributed by atoms with Crippen molar-refractivity contribution in [2.24, 2.45) is 5.73 Å². The zero-order valence-corrected chi connectivity index (χ0v) is 12.7. The Bertz CT molecular complexity index is 489. The average Bonchev–Trinajstić information content (AvgIpc) is 3.35. The Morgan fingerprint density at radius 1 is 1.29 bits per heavy atom. The molecule has 0 unspecified atom stereocenters. The number of ether oxygens (including phenoxy) is 3. The van der Waals surface area contributed by atoms with Crippen molar-refractivity contribution in [3.63, 3.8) is 0 Å². The number of hydrogen-bond acceptors (Lipinski definition) is 5. The monoisotopic (exact) mass is 294 g/mol. The fourth-order valence-electron chi connectivity index (χ4n) is 2.10. The number of carbonyl (C=O) groups excluding carboxylic acids is 1. The van der Waals surface area contributed by atoms with E-state index in [1.54, 1.807) is 38.3 Å². The lowest BCUT2D eigenvalue weighted by Crippen LogP contribution is -2.33. The van der Waals surface area contributed by atoms with Crippen LogP contribution in [0.5, 0.6) is 17.2 Å². The van der Waals surface area contributed by atoms with E-state index in [1.807, 2.05) is 0 Å². The summed E-state index contributed by atoms with van der Waals surface area (Å²) < 4.78 is 16.2. The highest BCUT2D eigenvalue weighted by atomic mass is 16.5. The first-order valence-electron chi connectivity index (χ1n) is 6.94. The van der Waals surface area contributed by atoms with E-state index >= 15 is 0 Å². The first-order chi connectivity index (χ1) is 10.1. The quantitative estimate of drug-likeness (QED) is 0.817. The standard InChI is InChI=1S/C15H22N2O4/c1-17(11-4-5-11)14(18)9-21-15-12(19-2)6-10(8-16)7-13(15)20-3/h6-7,11H,4-5,8-9,16H2,1-3H3. The SMILES string of the molecule is COc1cc(CN)cc(OC)c1OCC(=O)N(C)C1CC1. The molecule has 6 heteroatoms. The van der Waals surface area contributed by atoms with Gasteiger partial charge in [-0.15, -0.1) is 0 Å². The molecule has 116 valence electrons. The van der Waals surface area contributed by atoms with E-state index in [0.717, 1.165) is 18.4 Å². The second kappa shape index (κ2) is 6.67. The van der Waals surface area contributed by atoms with Crippen molar-refractivity contribution < 1.29 is 19.0 Å². The summed E-state index contributed by atoms with van der Waals surface area (Å²) in [6.07, 6.45) is 2.14. The molecule has 1 amide bonds. The van der Waals surface area contributed by atoms with Crippen molar-refractivity contribution in [2.45, 2.75) is 25.4 Å². The molecule has 0 saturated heterocycles. The zero-order valence-electron chi connectivity index (χ0n) is 12.7. The normalized spacial score (nSPS) is 13.7. The minimum atomic E-state index is -0.0514. The van der Waals surface area contributed by atoms with E-state index < -0.39 is 0 Å². The molecule has 0 bridgehead atoms. The van der Waals surface area contributed by atoms with Crippen molar-refractivity contribution in [3.05, 3.63) is 17.7 Å². The molecule has 0 atom stereocenters. The van der Waals surface area contributed by atoms with Gasteiger partial charge in [0, 0.05) is 19.6 Å². The highest BCUT2D eigenvalue weighted by Crippen LogP contribution is 2.38. The summed E-state index contributed by atoms with van der Waals surface area (Å²) in [5.41, 5.74) is 6.51. The first-order valence-corrected chi connectivity index (χ1v) is 6.94. The molecule has 0 aliphatic heterocycles. The summed E-state index contributed by atoms with van der Waals surface area (Å²) in [5, 5.41) is 0. The molecule has 1 aromatic carbocycles. The molecule has 1 saturated carbocycles. The number of nitrogens with zero attached hydrogens (tertiary/aromatic N) is 1. The van der Waals surface area contributed by atoms with E-state index in [0.29, 0.717) is 29.8 Å². The Kier molecular flexibility index (Phi) is 4.90. The summed E-state index contributed by atoms with van der Waals surface area (Å²) in [6, 6.07) is 3.93. The number of carbonyl (C=O) groups is 1. The lowest BCUT2D eigenvalue weighted by Gasteiger charge is -2.19. The summed E-state index contributed by atoms with van der Waals surface area (Å²) in [7, 11) is 4.88. The maximum absolute atomic E-state index is 12.0. The fourth-order valence-corrected chi connectivity index (χ4v) is 2.10. The molecule has 21 heavy (non-hydrogen) atoms. The van der Waals surface area contributed by atoms with Gasteiger partial charge in [0.25, 0.3) is 5.91 Å². The summed E-state index contributed by atoms with van der Waals surface area (Å²) in [6.45, 7) is 0.331. The van der Waals surface area contributed by atoms with Crippen molar-refractivity contribution >= 4 is 5.91 Å². The molecular formula is C15H22N2O4. The number of likely N-dealkylation sites (N-methyl/N-ethyl adjacent to an activating group) is 1. The third-order valence-corrected chi connectivity index (χ3v) is 3.58. The van der Waals surface area contributed by atoms with E-state index in [4.69, 9.17) is 19.9 Å². The molecule has 2 rings (SSSR count). The molecule has 1 aliphatic rings. The van der Waals surface area contributed by atoms with Gasteiger partial charge in [-0.2, -0.15) is 0 Å². The van der Waals surface area contributed by atoms with Gasteiger partial charge in [-0.3, -0.25) is 4.79 Å². The van der Waals surface area contributed by atoms with Crippen LogP contribution in [0.2, 0.25) is 0 Å². The Balaban J connectivity index is 2.12. The van der Waals surface area contributed by atoms with Gasteiger partial charge in [0.15, 0.2) is 18.1 Å². The Hall–Kier alpha value is -1.95. The van der Waals surface area contributed by atoms with E-state index in [2.05, 4.69) is 0 Å². The highest BCUT2D eigenvalue weighted by molar-refractivity contribution is 5.78. The molecule has 0 radical (unpaired) electrons. The smallest absolute Gasteiger partial charge is 0.260 e. The van der Waals surface area contributed by atoms with Crippen LogP contribution in [0.25, 0.3) is 0 Å². The molecule has 0 aromatic heterocycles. The van der Waals surface area contributed by atoms with Crippen LogP contribution >= 0.6 is 0 Å². The third kappa shape index (κ3) is 3.58. The zero-order chi connectivity index (χ0) is 15.4. The van der Waals surface area contributed by atoms with Gasteiger partial charge in [0.05, 0.1) is 14.2 Å². The molecule has 1 aliphatic carbocycles. The van der Waals surface area contributed by atoms with Crippen LogP contribution in [0, 0.1) is 0 Å². The summed E-state index contributed by atoms with van der Waals surface area (Å²) in [4.78, 5) is 13.7. The largest absolute Gasteiger partial charge is 0.493 e. The number of rotatable bonds is 7. The second-order valence-electron chi connectivity index (χ2n) is 5.06. The van der Waals surface area contributed by atoms with Crippen molar-refractivity contribution in [1.29, 1.82) is 0 Å². The van der Waals surface area contributed by atoms with E-state index in [1.165, 1.54) is 0 Å². The molecule has 1 aromatic rings. The Labute approximate surface area is 124 Å². The Morgan fingerprint density at radius 2 is 1.86 bits per heavy atom. The van der Waals surface area contributed by atoms with Crippen LogP contribution in [-0.4, -0.2) is 44.7 Å². The third-order valence-electron chi connectivity index (χ3n) is 3.58. The first kappa shape index (κ1) is 15.4. The number of hydrogen-bond donors (Lipinski definition) is 1. The predicted molar refractivity (Wildman–Crippen MR) is 78.7 cm³/mol. The average molecular weight is 294 g/mol. The van der Waals surface area contributed by atoms with Gasteiger partial charge < -0.3 is 24.8 Å². The summed E-state index contributed by atoms with van der Waals surface area (Å²) in [5.74, 6) is 1.40. The molecular weight excluding hydrogens is 272 g/mol. The van der Waals surface area contributed by atoms with E-state index in [-0.39, 0.29) is 12.5 Å². The second-order valence-corrected chi connectivity index (χ2v) is 5.06. The van der Waals surface area contributed by atoms with E-state index in [9.17, 15) is 4.79 Å². The summed E-state index contributed by atoms with van der Waals surface area (Å²) >= 11 is 0. The minimum absolute atomic E-state index is 0.0400. The van der Waals surface area contributed by atoms with Crippen LogP contribution < -0.4 is 19.9 Å². The topological polar surface area (TPSA) is 74.0 Å². The lowest BCUT2D eigenvalue weighted by atomic mass is 10.2. The molecule has 2 N–H and O–H groups in total. The fraction of sp³-hybridized carbons (Fsp3) is 0.533. The van der Waals surface area contributed by atoms with Crippen LogP contribution in [-0.2, 0) is 11.3 Å². The van der Waals surface area contributed by atoms with Crippen LogP contribution in [0.15, 0.2) is 12.1 Å². The van der Waals surface area contributed by atoms with Crippen molar-refractivity contribution in [3.8, 4) is 17.2 Å². The predicted octanol–water partition coefficient (Wildman–Crippen LogP) is 1.16. The van der Waals surface area contributed by atoms with Gasteiger partial charge >= 0.3 is 0 Å². The van der Waals surface area contributed by atoms with Crippen molar-refractivity contribution in [1.82, 2.24) is 4.90 Å². The number of benzene rings is 1. The molecule has 6 nitrogen and oxygen atoms in total. The van der Waals surface area contributed by atoms with Crippen molar-refractivity contribution in [2.75, 3.05) is 27.9 Å². The van der Waals surface area contributed by atoms with Gasteiger partial charge in [0.1, 0.15) is 0 Å². The Morgan fingerprint density at radius 3 is 2.29 bits per heavy atom. The highest BCUT2D eigenvalue weighted by Gasteiger charge is 2.30. The van der Waals surface area contributed by atoms with Gasteiger partial charge in [0.2, 0.25) is 5.75 Å². The maximum Gasteiger partial charge on any atom is 0.260 e. The van der Waals surface area contributed by atoms with Crippen LogP contribution in [0.3, 0.4) is 0 Å². The molecule has 0 heterocycles. The van der Waals surface area contributed by atoms with Gasteiger partial charge in [-0.1, -0.05) is 0 Å². The number of methoxy groups -OCH3 is 2. The molecule has 0 spiro atoms. The molecule has 1 fully saturated rings. The maximum atomic E-state index is 12.0. The number of nitrogens with two attached hydrogens (primary N) is 1. The van der Waals surface area contributed by atoms with Gasteiger partial charge in [-0.25, -0.2) is 0 Å². The van der Waals surface area contributed by atoms with Gasteiger partial charge in [-0.05, 0) is 30.5 Å². The van der Waals surface area contributed by atoms with Crippen LogP contribution in [0.1, 0.15) is 18.4 Å². The lowest BCUT2D eigenvalue weighted by molar-refractivity contribution is -0.132. The van der Waals surface area contributed by atoms with Crippen LogP contribution in [0.4, 0.5) is 0 Å². The minimum Gasteiger partial charge on any atom is -0.493 e. The number of amides is 1.